The molecule has 0 spiro atoms. The second-order valence-electron chi connectivity index (χ2n) is 4.98. The van der Waals surface area contributed by atoms with Gasteiger partial charge in [0.2, 0.25) is 15.8 Å². The van der Waals surface area contributed by atoms with Gasteiger partial charge >= 0.3 is 5.69 Å². The Morgan fingerprint density at radius 1 is 1.21 bits per heavy atom. The van der Waals surface area contributed by atoms with E-state index in [9.17, 15) is 22.9 Å². The van der Waals surface area contributed by atoms with Crippen molar-refractivity contribution in [3.05, 3.63) is 64.0 Å². The van der Waals surface area contributed by atoms with Crippen LogP contribution in [0.15, 0.2) is 52.3 Å². The fourth-order valence-corrected chi connectivity index (χ4v) is 3.63. The van der Waals surface area contributed by atoms with Crippen molar-refractivity contribution < 1.29 is 17.7 Å². The lowest BCUT2D eigenvalue weighted by molar-refractivity contribution is -0.387. The van der Waals surface area contributed by atoms with Crippen LogP contribution in [-0.2, 0) is 16.6 Å². The molecule has 0 aromatic heterocycles. The normalized spacial score (nSPS) is 11.7. The van der Waals surface area contributed by atoms with Gasteiger partial charge in [-0.25, -0.2) is 8.42 Å². The molecule has 0 radical (unpaired) electrons. The second-order valence-corrected chi connectivity index (χ2v) is 7.90. The molecular weight excluding hydrogens is 355 g/mol. The number of benzene rings is 2. The molecule has 0 fully saturated rings. The molecule has 9 heteroatoms. The predicted molar refractivity (Wildman–Crippen MR) is 89.9 cm³/mol. The number of nitrogens with zero attached hydrogens (tertiary/aromatic N) is 2. The molecule has 6 nitrogen and oxygen atoms in total. The molecule has 0 bridgehead atoms. The highest BCUT2D eigenvalue weighted by atomic mass is 32.2. The van der Waals surface area contributed by atoms with Gasteiger partial charge < -0.3 is 0 Å². The molecule has 0 saturated heterocycles. The van der Waals surface area contributed by atoms with Crippen molar-refractivity contribution in [3.8, 4) is 0 Å². The van der Waals surface area contributed by atoms with E-state index in [0.717, 1.165) is 33.0 Å². The van der Waals surface area contributed by atoms with E-state index in [1.54, 1.807) is 11.8 Å². The van der Waals surface area contributed by atoms with Crippen molar-refractivity contribution in [1.82, 2.24) is 4.31 Å². The topological polar surface area (TPSA) is 80.5 Å². The molecule has 2 aromatic rings. The molecule has 2 aromatic carbocycles. The number of nitro benzene ring substituents is 1. The molecule has 0 N–H and O–H groups in total. The minimum atomic E-state index is -3.97. The van der Waals surface area contributed by atoms with E-state index in [0.29, 0.717) is 0 Å². The highest BCUT2D eigenvalue weighted by molar-refractivity contribution is 7.98. The maximum atomic E-state index is 13.4. The van der Waals surface area contributed by atoms with Crippen molar-refractivity contribution >= 4 is 27.5 Å². The number of halogens is 1. The van der Waals surface area contributed by atoms with E-state index in [2.05, 4.69) is 0 Å². The molecule has 0 aliphatic carbocycles. The van der Waals surface area contributed by atoms with Gasteiger partial charge in [0.1, 0.15) is 0 Å². The summed E-state index contributed by atoms with van der Waals surface area (Å²) in [6.07, 6.45) is 1.94. The first-order valence-electron chi connectivity index (χ1n) is 6.79. The van der Waals surface area contributed by atoms with Crippen LogP contribution >= 0.6 is 11.8 Å². The molecule has 0 atom stereocenters. The van der Waals surface area contributed by atoms with Gasteiger partial charge in [0, 0.05) is 24.6 Å². The Balaban J connectivity index is 2.28. The van der Waals surface area contributed by atoms with Crippen molar-refractivity contribution in [2.75, 3.05) is 13.3 Å². The van der Waals surface area contributed by atoms with Crippen molar-refractivity contribution in [3.63, 3.8) is 0 Å². The standard InChI is InChI=1S/C15H15FN2O4S2/c1-17(10-11-3-5-12(23-2)6-4-11)24(21,22)13-7-8-14(16)15(9-13)18(19)20/h3-9H,10H2,1-2H3. The zero-order valence-electron chi connectivity index (χ0n) is 13.0. The fraction of sp³-hybridized carbons (Fsp3) is 0.200. The fourth-order valence-electron chi connectivity index (χ4n) is 2.05. The summed E-state index contributed by atoms with van der Waals surface area (Å²) in [5.74, 6) is -1.07. The first-order valence-corrected chi connectivity index (χ1v) is 9.45. The maximum Gasteiger partial charge on any atom is 0.306 e. The molecule has 2 rings (SSSR count). The van der Waals surface area contributed by atoms with Crippen molar-refractivity contribution in [2.45, 2.75) is 16.3 Å². The predicted octanol–water partition coefficient (Wildman–Crippen LogP) is 3.28. The molecule has 0 unspecified atom stereocenters. The van der Waals surface area contributed by atoms with Gasteiger partial charge in [-0.3, -0.25) is 10.1 Å². The molecule has 128 valence electrons. The average Bonchev–Trinajstić information content (AvgIpc) is 2.55. The molecular formula is C15H15FN2O4S2. The minimum absolute atomic E-state index is 0.0994. The number of thioether (sulfide) groups is 1. The van der Waals surface area contributed by atoms with Crippen LogP contribution < -0.4 is 0 Å². The quantitative estimate of drug-likeness (QED) is 0.443. The average molecular weight is 370 g/mol. The number of hydrogen-bond donors (Lipinski definition) is 0. The lowest BCUT2D eigenvalue weighted by Crippen LogP contribution is -2.26. The maximum absolute atomic E-state index is 13.4. The third-order valence-corrected chi connectivity index (χ3v) is 5.93. The van der Waals surface area contributed by atoms with Gasteiger partial charge in [0.05, 0.1) is 9.82 Å². The Bertz CT molecular complexity index is 854. The van der Waals surface area contributed by atoms with E-state index < -0.39 is 26.5 Å². The van der Waals surface area contributed by atoms with Gasteiger partial charge in [-0.15, -0.1) is 11.8 Å². The van der Waals surface area contributed by atoms with E-state index in [1.165, 1.54) is 7.05 Å². The number of rotatable bonds is 6. The first-order chi connectivity index (χ1) is 11.3. The summed E-state index contributed by atoms with van der Waals surface area (Å²) in [4.78, 5) is 10.6. The molecule has 0 aliphatic heterocycles. The van der Waals surface area contributed by atoms with E-state index in [-0.39, 0.29) is 11.4 Å². The molecule has 24 heavy (non-hydrogen) atoms. The Kier molecular flexibility index (Phi) is 5.58. The van der Waals surface area contributed by atoms with E-state index in [1.807, 2.05) is 30.5 Å². The van der Waals surface area contributed by atoms with Crippen LogP contribution in [0.2, 0.25) is 0 Å². The molecule has 0 aliphatic rings. The van der Waals surface area contributed by atoms with Crippen LogP contribution in [0.1, 0.15) is 5.56 Å². The summed E-state index contributed by atoms with van der Waals surface area (Å²) < 4.78 is 39.5. The van der Waals surface area contributed by atoms with E-state index in [4.69, 9.17) is 0 Å². The van der Waals surface area contributed by atoms with Crippen LogP contribution in [0.5, 0.6) is 0 Å². The monoisotopic (exact) mass is 370 g/mol. The lowest BCUT2D eigenvalue weighted by atomic mass is 10.2. The number of nitro groups is 1. The Morgan fingerprint density at radius 2 is 1.83 bits per heavy atom. The van der Waals surface area contributed by atoms with Crippen molar-refractivity contribution in [2.24, 2.45) is 0 Å². The Labute approximate surface area is 143 Å². The van der Waals surface area contributed by atoms with Crippen LogP contribution in [0.4, 0.5) is 10.1 Å². The Hall–Kier alpha value is -1.97. The molecule has 0 amide bonds. The summed E-state index contributed by atoms with van der Waals surface area (Å²) in [7, 11) is -2.60. The van der Waals surface area contributed by atoms with Gasteiger partial charge in [0.15, 0.2) is 0 Å². The van der Waals surface area contributed by atoms with Gasteiger partial charge in [0.25, 0.3) is 0 Å². The Morgan fingerprint density at radius 3 is 2.38 bits per heavy atom. The van der Waals surface area contributed by atoms with Crippen LogP contribution in [0.3, 0.4) is 0 Å². The van der Waals surface area contributed by atoms with Gasteiger partial charge in [-0.2, -0.15) is 8.70 Å². The highest BCUT2D eigenvalue weighted by Crippen LogP contribution is 2.24. The van der Waals surface area contributed by atoms with Gasteiger partial charge in [-0.05, 0) is 36.1 Å². The smallest absolute Gasteiger partial charge is 0.258 e. The third-order valence-electron chi connectivity index (χ3n) is 3.39. The second kappa shape index (κ2) is 7.29. The summed E-state index contributed by atoms with van der Waals surface area (Å²) >= 11 is 1.57. The van der Waals surface area contributed by atoms with E-state index >= 15 is 0 Å². The third kappa shape index (κ3) is 3.92. The van der Waals surface area contributed by atoms with Crippen molar-refractivity contribution in [1.29, 1.82) is 0 Å². The molecule has 0 saturated carbocycles. The SMILES string of the molecule is CSc1ccc(CN(C)S(=O)(=O)c2ccc(F)c([N+](=O)[O-])c2)cc1. The zero-order valence-corrected chi connectivity index (χ0v) is 14.6. The lowest BCUT2D eigenvalue weighted by Gasteiger charge is -2.17. The molecule has 0 heterocycles. The largest absolute Gasteiger partial charge is 0.306 e. The van der Waals surface area contributed by atoms with Crippen LogP contribution in [-0.4, -0.2) is 30.9 Å². The highest BCUT2D eigenvalue weighted by Gasteiger charge is 2.25. The van der Waals surface area contributed by atoms with Gasteiger partial charge in [-0.1, -0.05) is 12.1 Å². The van der Waals surface area contributed by atoms with Crippen LogP contribution in [0, 0.1) is 15.9 Å². The number of hydrogen-bond acceptors (Lipinski definition) is 5. The summed E-state index contributed by atoms with van der Waals surface area (Å²) in [5, 5.41) is 10.8. The first kappa shape index (κ1) is 18.4. The number of sulfonamides is 1. The minimum Gasteiger partial charge on any atom is -0.258 e. The van der Waals surface area contributed by atoms with Crippen LogP contribution in [0.25, 0.3) is 0 Å². The zero-order chi connectivity index (χ0) is 17.9. The summed E-state index contributed by atoms with van der Waals surface area (Å²) in [6, 6.07) is 9.91. The summed E-state index contributed by atoms with van der Waals surface area (Å²) in [6.45, 7) is 0.0994. The summed E-state index contributed by atoms with van der Waals surface area (Å²) in [5.41, 5.74) is -0.0933.